The van der Waals surface area contributed by atoms with Gasteiger partial charge in [0.05, 0.1) is 0 Å². The number of benzene rings is 2. The third kappa shape index (κ3) is 4.52. The molecule has 0 aliphatic carbocycles. The maximum Gasteiger partial charge on any atom is 0.283 e. The Bertz CT molecular complexity index is 855. The van der Waals surface area contributed by atoms with E-state index in [2.05, 4.69) is 21.2 Å². The number of hydrazine groups is 1. The van der Waals surface area contributed by atoms with Crippen LogP contribution in [0.15, 0.2) is 85.1 Å². The lowest BCUT2D eigenvalue weighted by atomic mass is 10.1. The lowest BCUT2D eigenvalue weighted by molar-refractivity contribution is -0.118. The van der Waals surface area contributed by atoms with E-state index in [1.807, 2.05) is 48.5 Å². The lowest BCUT2D eigenvalue weighted by Gasteiger charge is -2.19. The van der Waals surface area contributed by atoms with Crippen molar-refractivity contribution in [2.75, 3.05) is 5.32 Å². The Morgan fingerprint density at radius 1 is 0.808 bits per heavy atom. The van der Waals surface area contributed by atoms with Crippen molar-refractivity contribution < 1.29 is 9.59 Å². The second kappa shape index (κ2) is 8.55. The van der Waals surface area contributed by atoms with Gasteiger partial charge in [0.1, 0.15) is 11.7 Å². The Morgan fingerprint density at radius 3 is 2.12 bits per heavy atom. The molecule has 1 unspecified atom stereocenters. The Labute approximate surface area is 151 Å². The van der Waals surface area contributed by atoms with Crippen molar-refractivity contribution in [1.82, 2.24) is 15.8 Å². The first-order chi connectivity index (χ1) is 12.7. The summed E-state index contributed by atoms with van der Waals surface area (Å²) in [5.41, 5.74) is 7.02. The van der Waals surface area contributed by atoms with Gasteiger partial charge in [0.15, 0.2) is 0 Å². The van der Waals surface area contributed by atoms with Crippen LogP contribution in [0.3, 0.4) is 0 Å². The van der Waals surface area contributed by atoms with Crippen LogP contribution in [0.5, 0.6) is 0 Å². The number of pyridine rings is 1. The van der Waals surface area contributed by atoms with Crippen molar-refractivity contribution in [2.45, 2.75) is 6.04 Å². The first-order valence-corrected chi connectivity index (χ1v) is 8.12. The van der Waals surface area contributed by atoms with Gasteiger partial charge in [-0.15, -0.1) is 0 Å². The molecular formula is C20H18N4O2. The van der Waals surface area contributed by atoms with Crippen LogP contribution in [0, 0.1) is 0 Å². The van der Waals surface area contributed by atoms with E-state index in [1.165, 1.54) is 6.20 Å². The van der Waals surface area contributed by atoms with E-state index < -0.39 is 11.9 Å². The number of hydrogen-bond acceptors (Lipinski definition) is 4. The van der Waals surface area contributed by atoms with E-state index in [9.17, 15) is 9.59 Å². The molecule has 0 saturated heterocycles. The molecule has 1 aromatic heterocycles. The Morgan fingerprint density at radius 2 is 1.46 bits per heavy atom. The minimum Gasteiger partial charge on any atom is -0.324 e. The zero-order valence-electron chi connectivity index (χ0n) is 13.9. The molecule has 3 aromatic rings. The van der Waals surface area contributed by atoms with E-state index in [1.54, 1.807) is 30.3 Å². The maximum atomic E-state index is 12.7. The average molecular weight is 346 g/mol. The van der Waals surface area contributed by atoms with Gasteiger partial charge in [0.25, 0.3) is 5.91 Å². The molecule has 0 aliphatic rings. The second-order valence-electron chi connectivity index (χ2n) is 5.51. The molecular weight excluding hydrogens is 328 g/mol. The van der Waals surface area contributed by atoms with Crippen molar-refractivity contribution in [3.05, 3.63) is 96.3 Å². The fourth-order valence-electron chi connectivity index (χ4n) is 2.38. The molecule has 1 heterocycles. The van der Waals surface area contributed by atoms with Gasteiger partial charge in [-0.2, -0.15) is 0 Å². The third-order valence-electron chi connectivity index (χ3n) is 3.66. The Hall–Kier alpha value is -3.51. The van der Waals surface area contributed by atoms with Crippen LogP contribution < -0.4 is 16.2 Å². The number of aromatic nitrogens is 1. The molecule has 3 rings (SSSR count). The number of anilines is 1. The van der Waals surface area contributed by atoms with Gasteiger partial charge in [0, 0.05) is 11.9 Å². The minimum atomic E-state index is -0.760. The van der Waals surface area contributed by atoms with Crippen LogP contribution in [0.2, 0.25) is 0 Å². The van der Waals surface area contributed by atoms with E-state index in [4.69, 9.17) is 0 Å². The molecule has 0 fully saturated rings. The molecule has 0 bridgehead atoms. The molecule has 2 aromatic carbocycles. The standard InChI is InChI=1S/C20H18N4O2/c25-19(17-13-7-8-14-21-17)24-23-18(15-9-3-1-4-10-15)20(26)22-16-11-5-2-6-12-16/h1-14,18,23H,(H,22,26)(H,24,25). The number of hydrogen-bond donors (Lipinski definition) is 3. The molecule has 6 nitrogen and oxygen atoms in total. The number of nitrogens with zero attached hydrogens (tertiary/aromatic N) is 1. The molecule has 0 aliphatic heterocycles. The first-order valence-electron chi connectivity index (χ1n) is 8.12. The number of rotatable bonds is 6. The van der Waals surface area contributed by atoms with Crippen LogP contribution in [0.25, 0.3) is 0 Å². The Kier molecular flexibility index (Phi) is 5.69. The summed E-state index contributed by atoms with van der Waals surface area (Å²) in [4.78, 5) is 28.9. The fourth-order valence-corrected chi connectivity index (χ4v) is 2.38. The molecule has 130 valence electrons. The predicted octanol–water partition coefficient (Wildman–Crippen LogP) is 2.70. The number of amides is 2. The Balaban J connectivity index is 1.73. The lowest BCUT2D eigenvalue weighted by Crippen LogP contribution is -2.44. The van der Waals surface area contributed by atoms with Gasteiger partial charge in [-0.3, -0.25) is 20.0 Å². The van der Waals surface area contributed by atoms with Crippen molar-refractivity contribution in [1.29, 1.82) is 0 Å². The van der Waals surface area contributed by atoms with Crippen LogP contribution >= 0.6 is 0 Å². The van der Waals surface area contributed by atoms with Gasteiger partial charge in [0.2, 0.25) is 5.91 Å². The van der Waals surface area contributed by atoms with Gasteiger partial charge >= 0.3 is 0 Å². The van der Waals surface area contributed by atoms with Crippen molar-refractivity contribution >= 4 is 17.5 Å². The zero-order chi connectivity index (χ0) is 18.2. The molecule has 3 N–H and O–H groups in total. The summed E-state index contributed by atoms with van der Waals surface area (Å²) >= 11 is 0. The zero-order valence-corrected chi connectivity index (χ0v) is 13.9. The average Bonchev–Trinajstić information content (AvgIpc) is 2.70. The van der Waals surface area contributed by atoms with Crippen molar-refractivity contribution in [3.8, 4) is 0 Å². The highest BCUT2D eigenvalue weighted by Gasteiger charge is 2.21. The third-order valence-corrected chi connectivity index (χ3v) is 3.66. The number of carbonyl (C=O) groups is 2. The van der Waals surface area contributed by atoms with Gasteiger partial charge in [-0.25, -0.2) is 5.43 Å². The highest BCUT2D eigenvalue weighted by Crippen LogP contribution is 2.15. The van der Waals surface area contributed by atoms with E-state index in [0.717, 1.165) is 5.56 Å². The molecule has 26 heavy (non-hydrogen) atoms. The molecule has 6 heteroatoms. The molecule has 0 saturated carbocycles. The summed E-state index contributed by atoms with van der Waals surface area (Å²) in [6, 6.07) is 22.6. The van der Waals surface area contributed by atoms with Crippen molar-refractivity contribution in [2.24, 2.45) is 0 Å². The fraction of sp³-hybridized carbons (Fsp3) is 0.0500. The highest BCUT2D eigenvalue weighted by molar-refractivity contribution is 5.96. The van der Waals surface area contributed by atoms with Crippen molar-refractivity contribution in [3.63, 3.8) is 0 Å². The number of nitrogens with one attached hydrogen (secondary N) is 3. The van der Waals surface area contributed by atoms with Crippen LogP contribution in [0.4, 0.5) is 5.69 Å². The summed E-state index contributed by atoms with van der Waals surface area (Å²) in [5.74, 6) is -0.706. The summed E-state index contributed by atoms with van der Waals surface area (Å²) in [5, 5.41) is 2.84. The van der Waals surface area contributed by atoms with Crippen LogP contribution in [-0.4, -0.2) is 16.8 Å². The van der Waals surface area contributed by atoms with Gasteiger partial charge in [-0.05, 0) is 29.8 Å². The SMILES string of the molecule is O=C(NNC(C(=O)Nc1ccccc1)c1ccccc1)c1ccccn1. The smallest absolute Gasteiger partial charge is 0.283 e. The maximum absolute atomic E-state index is 12.7. The quantitative estimate of drug-likeness (QED) is 0.599. The summed E-state index contributed by atoms with van der Waals surface area (Å²) in [6.07, 6.45) is 1.53. The first kappa shape index (κ1) is 17.3. The van der Waals surface area contributed by atoms with E-state index >= 15 is 0 Å². The topological polar surface area (TPSA) is 83.1 Å². The molecule has 0 radical (unpaired) electrons. The second-order valence-corrected chi connectivity index (χ2v) is 5.51. The van der Waals surface area contributed by atoms with Crippen LogP contribution in [0.1, 0.15) is 22.1 Å². The van der Waals surface area contributed by atoms with Gasteiger partial charge in [-0.1, -0.05) is 54.6 Å². The largest absolute Gasteiger partial charge is 0.324 e. The minimum absolute atomic E-state index is 0.260. The summed E-state index contributed by atoms with van der Waals surface area (Å²) < 4.78 is 0. The summed E-state index contributed by atoms with van der Waals surface area (Å²) in [7, 11) is 0. The molecule has 0 spiro atoms. The predicted molar refractivity (Wildman–Crippen MR) is 99.1 cm³/mol. The number of carbonyl (C=O) groups excluding carboxylic acids is 2. The normalized spacial score (nSPS) is 11.4. The highest BCUT2D eigenvalue weighted by atomic mass is 16.2. The van der Waals surface area contributed by atoms with Gasteiger partial charge < -0.3 is 5.32 Å². The van der Waals surface area contributed by atoms with E-state index in [0.29, 0.717) is 5.69 Å². The number of para-hydroxylation sites is 1. The van der Waals surface area contributed by atoms with Crippen LogP contribution in [-0.2, 0) is 4.79 Å². The monoisotopic (exact) mass is 346 g/mol. The van der Waals surface area contributed by atoms with E-state index in [-0.39, 0.29) is 11.6 Å². The summed E-state index contributed by atoms with van der Waals surface area (Å²) in [6.45, 7) is 0. The molecule has 2 amide bonds. The molecule has 1 atom stereocenters.